The van der Waals surface area contributed by atoms with Gasteiger partial charge in [0.2, 0.25) is 0 Å². The lowest BCUT2D eigenvalue weighted by atomic mass is 9.93. The lowest BCUT2D eigenvalue weighted by Crippen LogP contribution is -2.05. The van der Waals surface area contributed by atoms with Gasteiger partial charge < -0.3 is 0 Å². The first-order chi connectivity index (χ1) is 9.32. The van der Waals surface area contributed by atoms with Crippen LogP contribution < -0.4 is 0 Å². The molecule has 0 atom stereocenters. The topological polar surface area (TPSA) is 23.8 Å². The SMILES string of the molecule is Cc1ccc(-c2cc(C(F)(F)F)ccc2C#N)c(C)c1. The van der Waals surface area contributed by atoms with Crippen molar-refractivity contribution in [1.29, 1.82) is 5.26 Å². The van der Waals surface area contributed by atoms with Crippen LogP contribution >= 0.6 is 0 Å². The van der Waals surface area contributed by atoms with Crippen molar-refractivity contribution >= 4 is 0 Å². The summed E-state index contributed by atoms with van der Waals surface area (Å²) in [6, 6.07) is 10.6. The van der Waals surface area contributed by atoms with Crippen LogP contribution in [-0.2, 0) is 6.18 Å². The van der Waals surface area contributed by atoms with Gasteiger partial charge in [-0.3, -0.25) is 0 Å². The predicted molar refractivity (Wildman–Crippen MR) is 71.1 cm³/mol. The molecule has 0 saturated heterocycles. The average Bonchev–Trinajstić information content (AvgIpc) is 2.37. The monoisotopic (exact) mass is 275 g/mol. The third kappa shape index (κ3) is 2.67. The van der Waals surface area contributed by atoms with E-state index in [4.69, 9.17) is 5.26 Å². The van der Waals surface area contributed by atoms with Crippen LogP contribution in [0.2, 0.25) is 0 Å². The number of nitriles is 1. The van der Waals surface area contributed by atoms with Crippen LogP contribution in [-0.4, -0.2) is 0 Å². The van der Waals surface area contributed by atoms with Gasteiger partial charge in [0, 0.05) is 5.56 Å². The molecule has 102 valence electrons. The van der Waals surface area contributed by atoms with E-state index in [9.17, 15) is 13.2 Å². The fraction of sp³-hybridized carbons (Fsp3) is 0.188. The number of benzene rings is 2. The molecule has 0 aliphatic rings. The molecule has 0 radical (unpaired) electrons. The summed E-state index contributed by atoms with van der Waals surface area (Å²) in [6.07, 6.45) is -4.42. The van der Waals surface area contributed by atoms with Crippen molar-refractivity contribution in [2.75, 3.05) is 0 Å². The molecule has 0 unspecified atom stereocenters. The average molecular weight is 275 g/mol. The lowest BCUT2D eigenvalue weighted by molar-refractivity contribution is -0.137. The molecule has 0 fully saturated rings. The maximum Gasteiger partial charge on any atom is 0.416 e. The van der Waals surface area contributed by atoms with Crippen molar-refractivity contribution in [3.63, 3.8) is 0 Å². The van der Waals surface area contributed by atoms with Gasteiger partial charge in [0.15, 0.2) is 0 Å². The maximum atomic E-state index is 12.8. The van der Waals surface area contributed by atoms with E-state index in [0.717, 1.165) is 23.3 Å². The molecule has 2 aromatic carbocycles. The second kappa shape index (κ2) is 5.01. The highest BCUT2D eigenvalue weighted by Crippen LogP contribution is 2.35. The summed E-state index contributed by atoms with van der Waals surface area (Å²) in [5.74, 6) is 0. The van der Waals surface area contributed by atoms with Gasteiger partial charge in [-0.1, -0.05) is 23.8 Å². The molecular weight excluding hydrogens is 263 g/mol. The zero-order chi connectivity index (χ0) is 14.9. The quantitative estimate of drug-likeness (QED) is 0.729. The van der Waals surface area contributed by atoms with Crippen molar-refractivity contribution in [3.8, 4) is 17.2 Å². The molecule has 0 amide bonds. The fourth-order valence-electron chi connectivity index (χ4n) is 2.16. The van der Waals surface area contributed by atoms with Crippen molar-refractivity contribution in [1.82, 2.24) is 0 Å². The standard InChI is InChI=1S/C16H12F3N/c1-10-3-6-14(11(2)7-10)15-8-13(16(17,18)19)5-4-12(15)9-20/h3-8H,1-2H3. The molecule has 0 N–H and O–H groups in total. The van der Waals surface area contributed by atoms with Gasteiger partial charge in [0.1, 0.15) is 0 Å². The Balaban J connectivity index is 2.68. The highest BCUT2D eigenvalue weighted by molar-refractivity contribution is 5.74. The Bertz CT molecular complexity index is 694. The van der Waals surface area contributed by atoms with Gasteiger partial charge in [0.25, 0.3) is 0 Å². The molecular formula is C16H12F3N. The minimum atomic E-state index is -4.42. The van der Waals surface area contributed by atoms with Crippen molar-refractivity contribution in [2.24, 2.45) is 0 Å². The van der Waals surface area contributed by atoms with Crippen molar-refractivity contribution in [3.05, 3.63) is 58.7 Å². The summed E-state index contributed by atoms with van der Waals surface area (Å²) in [5, 5.41) is 9.09. The Hall–Kier alpha value is -2.28. The molecule has 0 aliphatic carbocycles. The van der Waals surface area contributed by atoms with Gasteiger partial charge in [-0.2, -0.15) is 18.4 Å². The molecule has 0 aliphatic heterocycles. The van der Waals surface area contributed by atoms with Gasteiger partial charge in [0.05, 0.1) is 17.2 Å². The summed E-state index contributed by atoms with van der Waals surface area (Å²) in [7, 11) is 0. The number of halogens is 3. The zero-order valence-corrected chi connectivity index (χ0v) is 11.0. The molecule has 0 heterocycles. The number of rotatable bonds is 1. The highest BCUT2D eigenvalue weighted by Gasteiger charge is 2.31. The summed E-state index contributed by atoms with van der Waals surface area (Å²) in [5.41, 5.74) is 2.34. The van der Waals surface area contributed by atoms with Gasteiger partial charge in [-0.05, 0) is 43.2 Å². The Morgan fingerprint density at radius 3 is 2.20 bits per heavy atom. The van der Waals surface area contributed by atoms with E-state index >= 15 is 0 Å². The fourth-order valence-corrected chi connectivity index (χ4v) is 2.16. The maximum absolute atomic E-state index is 12.8. The van der Waals surface area contributed by atoms with Crippen LogP contribution in [0.25, 0.3) is 11.1 Å². The minimum absolute atomic E-state index is 0.241. The van der Waals surface area contributed by atoms with E-state index in [0.29, 0.717) is 11.1 Å². The number of alkyl halides is 3. The predicted octanol–water partition coefficient (Wildman–Crippen LogP) is 4.86. The van der Waals surface area contributed by atoms with Crippen LogP contribution in [0.15, 0.2) is 36.4 Å². The molecule has 0 bridgehead atoms. The Labute approximate surface area is 115 Å². The Morgan fingerprint density at radius 1 is 0.950 bits per heavy atom. The van der Waals surface area contributed by atoms with Crippen LogP contribution in [0.3, 0.4) is 0 Å². The van der Waals surface area contributed by atoms with E-state index < -0.39 is 11.7 Å². The smallest absolute Gasteiger partial charge is 0.192 e. The summed E-state index contributed by atoms with van der Waals surface area (Å²) < 4.78 is 38.4. The molecule has 1 nitrogen and oxygen atoms in total. The van der Waals surface area contributed by atoms with E-state index in [-0.39, 0.29) is 5.56 Å². The highest BCUT2D eigenvalue weighted by atomic mass is 19.4. The summed E-state index contributed by atoms with van der Waals surface area (Å²) >= 11 is 0. The molecule has 2 rings (SSSR count). The van der Waals surface area contributed by atoms with Gasteiger partial charge in [-0.25, -0.2) is 0 Å². The molecule has 0 spiro atoms. The van der Waals surface area contributed by atoms with E-state index in [2.05, 4.69) is 0 Å². The van der Waals surface area contributed by atoms with E-state index in [1.165, 1.54) is 6.07 Å². The van der Waals surface area contributed by atoms with Crippen molar-refractivity contribution in [2.45, 2.75) is 20.0 Å². The third-order valence-electron chi connectivity index (χ3n) is 3.14. The van der Waals surface area contributed by atoms with Crippen LogP contribution in [0, 0.1) is 25.2 Å². The second-order valence-corrected chi connectivity index (χ2v) is 4.69. The van der Waals surface area contributed by atoms with Gasteiger partial charge >= 0.3 is 6.18 Å². The normalized spacial score (nSPS) is 11.2. The first-order valence-electron chi connectivity index (χ1n) is 6.02. The van der Waals surface area contributed by atoms with Gasteiger partial charge in [-0.15, -0.1) is 0 Å². The molecule has 0 saturated carbocycles. The summed E-state index contributed by atoms with van der Waals surface area (Å²) in [4.78, 5) is 0. The van der Waals surface area contributed by atoms with E-state index in [1.807, 2.05) is 32.0 Å². The van der Waals surface area contributed by atoms with Crippen molar-refractivity contribution < 1.29 is 13.2 Å². The molecule has 4 heteroatoms. The second-order valence-electron chi connectivity index (χ2n) is 4.69. The van der Waals surface area contributed by atoms with E-state index in [1.54, 1.807) is 6.07 Å². The minimum Gasteiger partial charge on any atom is -0.192 e. The number of nitrogens with zero attached hydrogens (tertiary/aromatic N) is 1. The Kier molecular flexibility index (Phi) is 3.54. The molecule has 20 heavy (non-hydrogen) atoms. The largest absolute Gasteiger partial charge is 0.416 e. The number of hydrogen-bond donors (Lipinski definition) is 0. The van der Waals surface area contributed by atoms with Crippen LogP contribution in [0.5, 0.6) is 0 Å². The molecule has 2 aromatic rings. The first kappa shape index (κ1) is 14.1. The number of hydrogen-bond acceptors (Lipinski definition) is 1. The first-order valence-corrected chi connectivity index (χ1v) is 6.02. The Morgan fingerprint density at radius 2 is 1.65 bits per heavy atom. The molecule has 0 aromatic heterocycles. The third-order valence-corrected chi connectivity index (χ3v) is 3.14. The lowest BCUT2D eigenvalue weighted by Gasteiger charge is -2.12. The van der Waals surface area contributed by atoms with Crippen LogP contribution in [0.1, 0.15) is 22.3 Å². The van der Waals surface area contributed by atoms with Crippen LogP contribution in [0.4, 0.5) is 13.2 Å². The zero-order valence-electron chi connectivity index (χ0n) is 11.0. The summed E-state index contributed by atoms with van der Waals surface area (Å²) in [6.45, 7) is 3.73. The number of aryl methyl sites for hydroxylation is 2.